The number of hydrogen-bond donors (Lipinski definition) is 2. The van der Waals surface area contributed by atoms with Crippen molar-refractivity contribution in [3.63, 3.8) is 0 Å². The summed E-state index contributed by atoms with van der Waals surface area (Å²) in [5.74, 6) is 2.55. The monoisotopic (exact) mass is 361 g/mol. The second-order valence-corrected chi connectivity index (χ2v) is 8.73. The van der Waals surface area contributed by atoms with Crippen molar-refractivity contribution < 1.29 is 5.11 Å². The van der Waals surface area contributed by atoms with Crippen LogP contribution in [-0.2, 0) is 0 Å². The van der Waals surface area contributed by atoms with Gasteiger partial charge in [0, 0.05) is 23.5 Å². The van der Waals surface area contributed by atoms with Gasteiger partial charge in [-0.05, 0) is 74.1 Å². The molecule has 6 heteroatoms. The summed E-state index contributed by atoms with van der Waals surface area (Å²) in [6, 6.07) is 8.01. The quantitative estimate of drug-likeness (QED) is 0.750. The van der Waals surface area contributed by atoms with Crippen molar-refractivity contribution in [2.24, 2.45) is 17.8 Å². The molecule has 0 aliphatic heterocycles. The van der Waals surface area contributed by atoms with Crippen molar-refractivity contribution in [3.05, 3.63) is 42.9 Å². The third-order valence-electron chi connectivity index (χ3n) is 6.96. The van der Waals surface area contributed by atoms with Crippen molar-refractivity contribution in [3.8, 4) is 11.3 Å². The number of aliphatic hydroxyl groups excluding tert-OH is 1. The second-order valence-electron chi connectivity index (χ2n) is 8.73. The van der Waals surface area contributed by atoms with E-state index >= 15 is 0 Å². The molecule has 6 nitrogen and oxygen atoms in total. The third kappa shape index (κ3) is 2.39. The highest BCUT2D eigenvalue weighted by Crippen LogP contribution is 2.56. The van der Waals surface area contributed by atoms with Gasteiger partial charge in [0.1, 0.15) is 5.82 Å². The molecule has 3 aromatic heterocycles. The van der Waals surface area contributed by atoms with Crippen LogP contribution in [0.2, 0.25) is 0 Å². The number of nitrogens with zero attached hydrogens (tertiary/aromatic N) is 4. The molecule has 3 aromatic rings. The molecule has 4 fully saturated rings. The summed E-state index contributed by atoms with van der Waals surface area (Å²) < 4.78 is 1.91. The van der Waals surface area contributed by atoms with E-state index in [-0.39, 0.29) is 11.6 Å². The number of hydrogen-bond acceptors (Lipinski definition) is 5. The van der Waals surface area contributed by atoms with Crippen molar-refractivity contribution in [2.75, 3.05) is 5.32 Å². The molecule has 7 rings (SSSR count). The molecule has 0 spiro atoms. The van der Waals surface area contributed by atoms with Crippen molar-refractivity contribution >= 4 is 11.5 Å². The number of rotatable bonds is 3. The summed E-state index contributed by atoms with van der Waals surface area (Å²) in [5.41, 5.74) is 2.96. The predicted octanol–water partition coefficient (Wildman–Crippen LogP) is 3.14. The minimum Gasteiger partial charge on any atom is -0.393 e. The zero-order chi connectivity index (χ0) is 18.0. The van der Waals surface area contributed by atoms with Gasteiger partial charge in [0.2, 0.25) is 0 Å². The van der Waals surface area contributed by atoms with Crippen LogP contribution in [0.25, 0.3) is 16.9 Å². The zero-order valence-corrected chi connectivity index (χ0v) is 15.1. The number of nitrogens with one attached hydrogen (secondary N) is 1. The fraction of sp³-hybridized carbons (Fsp3) is 0.476. The first-order valence-corrected chi connectivity index (χ1v) is 9.91. The SMILES string of the molecule is O[C@H]1[C@@H]2CC3C[C@H]1C[C@@](Nc1ccc4ncc(-c5ccncc5)n4n1)(C3)C2. The molecule has 5 atom stereocenters. The lowest BCUT2D eigenvalue weighted by molar-refractivity contribution is -0.0961. The number of aliphatic hydroxyl groups is 1. The molecular formula is C21H23N5O. The van der Waals surface area contributed by atoms with E-state index in [4.69, 9.17) is 5.10 Å². The topological polar surface area (TPSA) is 75.3 Å². The van der Waals surface area contributed by atoms with Crippen molar-refractivity contribution in [1.82, 2.24) is 19.6 Å². The van der Waals surface area contributed by atoms with E-state index < -0.39 is 0 Å². The lowest BCUT2D eigenvalue weighted by atomic mass is 9.52. The molecule has 138 valence electrons. The Hall–Kier alpha value is -2.47. The summed E-state index contributed by atoms with van der Waals surface area (Å²) >= 11 is 0. The fourth-order valence-electron chi connectivity index (χ4n) is 6.08. The molecule has 0 amide bonds. The highest BCUT2D eigenvalue weighted by Gasteiger charge is 2.55. The average molecular weight is 361 g/mol. The molecule has 4 aliphatic rings. The maximum absolute atomic E-state index is 10.5. The molecular weight excluding hydrogens is 338 g/mol. The van der Waals surface area contributed by atoms with Gasteiger partial charge >= 0.3 is 0 Å². The maximum Gasteiger partial charge on any atom is 0.154 e. The fourth-order valence-corrected chi connectivity index (χ4v) is 6.08. The van der Waals surface area contributed by atoms with Crippen LogP contribution in [0.5, 0.6) is 0 Å². The Kier molecular flexibility index (Phi) is 3.18. The van der Waals surface area contributed by atoms with Crippen LogP contribution in [0.4, 0.5) is 5.82 Å². The van der Waals surface area contributed by atoms with E-state index in [2.05, 4.69) is 15.3 Å². The van der Waals surface area contributed by atoms with Gasteiger partial charge in [0.05, 0.1) is 18.0 Å². The summed E-state index contributed by atoms with van der Waals surface area (Å²) in [6.07, 6.45) is 11.1. The smallest absolute Gasteiger partial charge is 0.154 e. The minimum absolute atomic E-state index is 0.0911. The number of pyridine rings is 1. The molecule has 4 aliphatic carbocycles. The van der Waals surface area contributed by atoms with Gasteiger partial charge in [-0.3, -0.25) is 4.98 Å². The van der Waals surface area contributed by atoms with Gasteiger partial charge in [-0.25, -0.2) is 9.50 Å². The van der Waals surface area contributed by atoms with E-state index in [0.717, 1.165) is 41.5 Å². The second kappa shape index (κ2) is 5.52. The molecule has 1 unspecified atom stereocenters. The molecule has 4 bridgehead atoms. The number of imidazole rings is 1. The van der Waals surface area contributed by atoms with Crippen LogP contribution in [0.1, 0.15) is 32.1 Å². The van der Waals surface area contributed by atoms with Crippen LogP contribution >= 0.6 is 0 Å². The molecule has 0 radical (unpaired) electrons. The number of anilines is 1. The van der Waals surface area contributed by atoms with Gasteiger partial charge in [0.15, 0.2) is 5.65 Å². The average Bonchev–Trinajstić information content (AvgIpc) is 3.09. The van der Waals surface area contributed by atoms with Crippen molar-refractivity contribution in [1.29, 1.82) is 0 Å². The molecule has 2 N–H and O–H groups in total. The molecule has 3 heterocycles. The largest absolute Gasteiger partial charge is 0.393 e. The first-order chi connectivity index (χ1) is 13.2. The van der Waals surface area contributed by atoms with E-state index in [9.17, 15) is 5.11 Å². The first kappa shape index (κ1) is 15.6. The number of aromatic nitrogens is 4. The Morgan fingerprint density at radius 3 is 2.59 bits per heavy atom. The van der Waals surface area contributed by atoms with Crippen LogP contribution in [0.3, 0.4) is 0 Å². The molecule has 4 saturated carbocycles. The van der Waals surface area contributed by atoms with E-state index in [1.165, 1.54) is 19.3 Å². The van der Waals surface area contributed by atoms with E-state index in [1.54, 1.807) is 12.4 Å². The van der Waals surface area contributed by atoms with Crippen LogP contribution in [0.15, 0.2) is 42.9 Å². The van der Waals surface area contributed by atoms with Gasteiger partial charge in [-0.2, -0.15) is 0 Å². The van der Waals surface area contributed by atoms with Crippen LogP contribution in [-0.4, -0.2) is 36.3 Å². The summed E-state index contributed by atoms with van der Waals surface area (Å²) in [4.78, 5) is 8.59. The molecule has 27 heavy (non-hydrogen) atoms. The van der Waals surface area contributed by atoms with Crippen LogP contribution < -0.4 is 5.32 Å². The highest BCUT2D eigenvalue weighted by molar-refractivity contribution is 5.63. The Labute approximate surface area is 157 Å². The summed E-state index contributed by atoms with van der Waals surface area (Å²) in [5, 5.41) is 19.2. The highest BCUT2D eigenvalue weighted by atomic mass is 16.3. The zero-order valence-electron chi connectivity index (χ0n) is 15.1. The Bertz CT molecular complexity index is 984. The Morgan fingerprint density at radius 1 is 1.04 bits per heavy atom. The van der Waals surface area contributed by atoms with Gasteiger partial charge in [-0.1, -0.05) is 0 Å². The lowest BCUT2D eigenvalue weighted by Crippen LogP contribution is -2.60. The third-order valence-corrected chi connectivity index (χ3v) is 6.96. The lowest BCUT2D eigenvalue weighted by Gasteiger charge is -2.59. The predicted molar refractivity (Wildman–Crippen MR) is 102 cm³/mol. The number of fused-ring (bicyclic) bond motifs is 1. The standard InChI is InChI=1S/C21H23N5O/c27-20-15-7-13-8-16(20)11-21(9-13,10-15)24-18-1-2-19-23-12-17(26(19)25-18)14-3-5-22-6-4-14/h1-6,12-13,15-16,20,27H,7-11H2,(H,24,25)/t13?,15-,16+,20+,21-. The van der Waals surface area contributed by atoms with Gasteiger partial charge in [0.25, 0.3) is 0 Å². The Morgan fingerprint density at radius 2 is 1.81 bits per heavy atom. The maximum atomic E-state index is 10.5. The van der Waals surface area contributed by atoms with Gasteiger partial charge in [-0.15, -0.1) is 5.10 Å². The minimum atomic E-state index is -0.0983. The van der Waals surface area contributed by atoms with Crippen molar-refractivity contribution in [2.45, 2.75) is 43.7 Å². The summed E-state index contributed by atoms with van der Waals surface area (Å²) in [6.45, 7) is 0. The summed E-state index contributed by atoms with van der Waals surface area (Å²) in [7, 11) is 0. The van der Waals surface area contributed by atoms with Crippen LogP contribution in [0, 0.1) is 17.8 Å². The molecule has 0 saturated heterocycles. The first-order valence-electron chi connectivity index (χ1n) is 9.91. The normalized spacial score (nSPS) is 34.3. The Balaban J connectivity index is 1.36. The van der Waals surface area contributed by atoms with E-state index in [1.807, 2.05) is 35.0 Å². The van der Waals surface area contributed by atoms with E-state index in [0.29, 0.717) is 11.8 Å². The van der Waals surface area contributed by atoms with Gasteiger partial charge < -0.3 is 10.4 Å². The molecule has 0 aromatic carbocycles.